The van der Waals surface area contributed by atoms with E-state index in [4.69, 9.17) is 9.84 Å². The number of hydrogen-bond acceptors (Lipinski definition) is 3. The summed E-state index contributed by atoms with van der Waals surface area (Å²) in [5, 5.41) is 13.1. The fourth-order valence-electron chi connectivity index (χ4n) is 4.27. The minimum absolute atomic E-state index is 0.134. The minimum atomic E-state index is -0.779. The van der Waals surface area contributed by atoms with Gasteiger partial charge in [0.15, 0.2) is 0 Å². The quantitative estimate of drug-likeness (QED) is 0.584. The van der Waals surface area contributed by atoms with E-state index in [1.807, 2.05) is 0 Å². The van der Waals surface area contributed by atoms with Gasteiger partial charge in [0, 0.05) is 35.8 Å². The van der Waals surface area contributed by atoms with E-state index in [1.165, 1.54) is 23.8 Å². The molecule has 0 atom stereocenters. The van der Waals surface area contributed by atoms with Gasteiger partial charge in [-0.1, -0.05) is 20.8 Å². The Morgan fingerprint density at radius 2 is 1.96 bits per heavy atom. The summed E-state index contributed by atoms with van der Waals surface area (Å²) in [7, 11) is 0. The smallest absolute Gasteiger partial charge is 0.304 e. The van der Waals surface area contributed by atoms with Crippen LogP contribution >= 0.6 is 0 Å². The lowest BCUT2D eigenvalue weighted by atomic mass is 9.72. The summed E-state index contributed by atoms with van der Waals surface area (Å²) in [6.07, 6.45) is 5.18. The van der Waals surface area contributed by atoms with E-state index >= 15 is 0 Å². The maximum atomic E-state index is 10.6. The number of aromatic nitrogens is 1. The van der Waals surface area contributed by atoms with Gasteiger partial charge in [-0.05, 0) is 61.6 Å². The second-order valence-electron chi connectivity index (χ2n) is 9.21. The largest absolute Gasteiger partial charge is 0.490 e. The number of aryl methyl sites for hydroxylation is 1. The third-order valence-electron chi connectivity index (χ3n) is 6.15. The van der Waals surface area contributed by atoms with E-state index in [0.717, 1.165) is 35.7 Å². The SMILES string of the molecule is Cc1c(CNCCC(=O)O)[nH]c2cc(OC3CCC(C(C)(C)C)CC3)ccc12. The molecule has 1 aromatic carbocycles. The fourth-order valence-corrected chi connectivity index (χ4v) is 4.27. The first-order valence-electron chi connectivity index (χ1n) is 10.4. The van der Waals surface area contributed by atoms with Crippen molar-refractivity contribution in [2.75, 3.05) is 6.54 Å². The molecule has 28 heavy (non-hydrogen) atoms. The highest BCUT2D eigenvalue weighted by molar-refractivity contribution is 5.85. The predicted molar refractivity (Wildman–Crippen MR) is 113 cm³/mol. The van der Waals surface area contributed by atoms with Gasteiger partial charge in [-0.25, -0.2) is 0 Å². The molecule has 3 N–H and O–H groups in total. The zero-order valence-electron chi connectivity index (χ0n) is 17.6. The summed E-state index contributed by atoms with van der Waals surface area (Å²) in [5.74, 6) is 0.939. The summed E-state index contributed by atoms with van der Waals surface area (Å²) in [4.78, 5) is 14.1. The Morgan fingerprint density at radius 3 is 2.61 bits per heavy atom. The lowest BCUT2D eigenvalue weighted by molar-refractivity contribution is -0.136. The number of carboxylic acid groups (broad SMARTS) is 1. The normalized spacial score (nSPS) is 20.4. The molecule has 1 heterocycles. The number of nitrogens with one attached hydrogen (secondary N) is 2. The Balaban J connectivity index is 1.60. The monoisotopic (exact) mass is 386 g/mol. The average molecular weight is 387 g/mol. The van der Waals surface area contributed by atoms with Crippen LogP contribution in [-0.2, 0) is 11.3 Å². The molecule has 0 bridgehead atoms. The number of fused-ring (bicyclic) bond motifs is 1. The molecule has 0 spiro atoms. The molecule has 1 aliphatic carbocycles. The summed E-state index contributed by atoms with van der Waals surface area (Å²) in [6.45, 7) is 10.2. The average Bonchev–Trinajstić information content (AvgIpc) is 2.94. The summed E-state index contributed by atoms with van der Waals surface area (Å²) in [6, 6.07) is 6.29. The molecule has 0 amide bonds. The third-order valence-corrected chi connectivity index (χ3v) is 6.15. The molecule has 0 radical (unpaired) electrons. The number of H-pyrrole nitrogens is 1. The summed E-state index contributed by atoms with van der Waals surface area (Å²) in [5.41, 5.74) is 3.77. The molecule has 154 valence electrons. The molecule has 1 fully saturated rings. The Bertz CT molecular complexity index is 811. The third kappa shape index (κ3) is 5.07. The van der Waals surface area contributed by atoms with Crippen molar-refractivity contribution in [1.29, 1.82) is 0 Å². The molecule has 2 aromatic rings. The van der Waals surface area contributed by atoms with Gasteiger partial charge in [-0.3, -0.25) is 4.79 Å². The van der Waals surface area contributed by atoms with Crippen LogP contribution in [0.5, 0.6) is 5.75 Å². The molecule has 0 aliphatic heterocycles. The zero-order valence-corrected chi connectivity index (χ0v) is 17.6. The van der Waals surface area contributed by atoms with Gasteiger partial charge >= 0.3 is 5.97 Å². The number of rotatable bonds is 7. The second-order valence-corrected chi connectivity index (χ2v) is 9.21. The lowest BCUT2D eigenvalue weighted by Gasteiger charge is -2.36. The van der Waals surface area contributed by atoms with Crippen molar-refractivity contribution >= 4 is 16.9 Å². The number of benzene rings is 1. The van der Waals surface area contributed by atoms with Crippen molar-refractivity contribution in [3.63, 3.8) is 0 Å². The lowest BCUT2D eigenvalue weighted by Crippen LogP contribution is -2.30. The molecule has 0 unspecified atom stereocenters. The van der Waals surface area contributed by atoms with Gasteiger partial charge in [0.05, 0.1) is 12.5 Å². The molecular formula is C23H34N2O3. The first-order valence-corrected chi connectivity index (χ1v) is 10.4. The van der Waals surface area contributed by atoms with Gasteiger partial charge in [0.2, 0.25) is 0 Å². The number of aromatic amines is 1. The molecule has 1 aliphatic rings. The van der Waals surface area contributed by atoms with Crippen molar-refractivity contribution in [2.24, 2.45) is 11.3 Å². The van der Waals surface area contributed by atoms with Crippen LogP contribution in [-0.4, -0.2) is 28.7 Å². The van der Waals surface area contributed by atoms with E-state index in [9.17, 15) is 4.79 Å². The number of carboxylic acids is 1. The van der Waals surface area contributed by atoms with Crippen LogP contribution in [0.4, 0.5) is 0 Å². The Hall–Kier alpha value is -2.01. The Morgan fingerprint density at radius 1 is 1.25 bits per heavy atom. The van der Waals surface area contributed by atoms with Gasteiger partial charge < -0.3 is 20.1 Å². The van der Waals surface area contributed by atoms with Crippen LogP contribution in [0.1, 0.15) is 64.1 Å². The Kier molecular flexibility index (Phi) is 6.33. The van der Waals surface area contributed by atoms with Crippen LogP contribution in [0.3, 0.4) is 0 Å². The van der Waals surface area contributed by atoms with Crippen molar-refractivity contribution in [3.05, 3.63) is 29.5 Å². The van der Waals surface area contributed by atoms with Crippen molar-refractivity contribution in [3.8, 4) is 5.75 Å². The summed E-state index contributed by atoms with van der Waals surface area (Å²) < 4.78 is 6.30. The molecular weight excluding hydrogens is 352 g/mol. The zero-order chi connectivity index (χ0) is 20.3. The maximum absolute atomic E-state index is 10.6. The first-order chi connectivity index (χ1) is 13.2. The van der Waals surface area contributed by atoms with Crippen molar-refractivity contribution in [1.82, 2.24) is 10.3 Å². The fraction of sp³-hybridized carbons (Fsp3) is 0.609. The Labute approximate surface area is 167 Å². The molecule has 0 saturated heterocycles. The van der Waals surface area contributed by atoms with Crippen molar-refractivity contribution < 1.29 is 14.6 Å². The van der Waals surface area contributed by atoms with E-state index in [-0.39, 0.29) is 6.42 Å². The van der Waals surface area contributed by atoms with Crippen molar-refractivity contribution in [2.45, 2.75) is 72.4 Å². The highest BCUT2D eigenvalue weighted by Crippen LogP contribution is 2.39. The van der Waals surface area contributed by atoms with E-state index in [1.54, 1.807) is 0 Å². The molecule has 1 aromatic heterocycles. The van der Waals surface area contributed by atoms with Crippen LogP contribution in [0.15, 0.2) is 18.2 Å². The maximum Gasteiger partial charge on any atom is 0.304 e. The molecule has 1 saturated carbocycles. The van der Waals surface area contributed by atoms with Gasteiger partial charge in [0.1, 0.15) is 5.75 Å². The van der Waals surface area contributed by atoms with Crippen LogP contribution < -0.4 is 10.1 Å². The number of aliphatic carboxylic acids is 1. The van der Waals surface area contributed by atoms with Crippen LogP contribution in [0.2, 0.25) is 0 Å². The van der Waals surface area contributed by atoms with Crippen LogP contribution in [0, 0.1) is 18.3 Å². The molecule has 3 rings (SSSR count). The first kappa shape index (κ1) is 20.7. The van der Waals surface area contributed by atoms with Gasteiger partial charge in [-0.15, -0.1) is 0 Å². The highest BCUT2D eigenvalue weighted by atomic mass is 16.5. The standard InChI is InChI=1S/C23H34N2O3/c1-15-19-10-9-18(28-17-7-5-16(6-8-17)23(2,3)4)13-20(19)25-21(15)14-24-12-11-22(26)27/h9-10,13,16-17,24-25H,5-8,11-12,14H2,1-4H3,(H,26,27). The van der Waals surface area contributed by atoms with E-state index in [0.29, 0.717) is 24.6 Å². The van der Waals surface area contributed by atoms with E-state index in [2.05, 4.69) is 56.2 Å². The second kappa shape index (κ2) is 8.56. The number of hydrogen-bond donors (Lipinski definition) is 3. The highest BCUT2D eigenvalue weighted by Gasteiger charge is 2.30. The minimum Gasteiger partial charge on any atom is -0.490 e. The van der Waals surface area contributed by atoms with Gasteiger partial charge in [-0.2, -0.15) is 0 Å². The summed E-state index contributed by atoms with van der Waals surface area (Å²) >= 11 is 0. The molecule has 5 heteroatoms. The molecule has 5 nitrogen and oxygen atoms in total. The number of ether oxygens (including phenoxy) is 1. The number of carbonyl (C=O) groups is 1. The topological polar surface area (TPSA) is 74.4 Å². The predicted octanol–water partition coefficient (Wildman–Crippen LogP) is 5.02. The van der Waals surface area contributed by atoms with E-state index < -0.39 is 5.97 Å². The van der Waals surface area contributed by atoms with Gasteiger partial charge in [0.25, 0.3) is 0 Å². The van der Waals surface area contributed by atoms with Crippen LogP contribution in [0.25, 0.3) is 10.9 Å².